The van der Waals surface area contributed by atoms with Gasteiger partial charge in [0, 0.05) is 42.2 Å². The molecule has 2 aliphatic heterocycles. The van der Waals surface area contributed by atoms with E-state index >= 15 is 0 Å². The molecule has 0 aromatic heterocycles. The summed E-state index contributed by atoms with van der Waals surface area (Å²) in [7, 11) is 1.59. The number of hydrogen-bond acceptors (Lipinski definition) is 5. The fraction of sp³-hybridized carbons (Fsp3) is 0.381. The molecular formula is C21H23N3O4. The molecule has 1 N–H and O–H groups in total. The van der Waals surface area contributed by atoms with Crippen LogP contribution in [0.1, 0.15) is 24.8 Å². The van der Waals surface area contributed by atoms with Crippen LogP contribution < -0.4 is 15.0 Å². The van der Waals surface area contributed by atoms with E-state index in [-0.39, 0.29) is 28.5 Å². The minimum atomic E-state index is -0.381. The molecule has 146 valence electrons. The molecule has 0 saturated carbocycles. The molecule has 0 radical (unpaired) electrons. The van der Waals surface area contributed by atoms with Crippen molar-refractivity contribution in [3.8, 4) is 5.75 Å². The van der Waals surface area contributed by atoms with Gasteiger partial charge < -0.3 is 15.0 Å². The lowest BCUT2D eigenvalue weighted by atomic mass is 9.80. The largest absolute Gasteiger partial charge is 0.497 e. The number of carbonyl (C=O) groups is 1. The van der Waals surface area contributed by atoms with Crippen molar-refractivity contribution >= 4 is 23.0 Å². The summed E-state index contributed by atoms with van der Waals surface area (Å²) in [6.45, 7) is 0.873. The highest BCUT2D eigenvalue weighted by atomic mass is 16.6. The number of benzene rings is 2. The quantitative estimate of drug-likeness (QED) is 0.644. The first-order valence-electron chi connectivity index (χ1n) is 9.55. The van der Waals surface area contributed by atoms with E-state index in [0.717, 1.165) is 37.1 Å². The van der Waals surface area contributed by atoms with Gasteiger partial charge in [0.15, 0.2) is 0 Å². The van der Waals surface area contributed by atoms with Crippen LogP contribution in [0.5, 0.6) is 5.75 Å². The Balaban J connectivity index is 1.63. The Morgan fingerprint density at radius 1 is 1.25 bits per heavy atom. The van der Waals surface area contributed by atoms with E-state index in [1.165, 1.54) is 0 Å². The van der Waals surface area contributed by atoms with Crippen molar-refractivity contribution in [1.29, 1.82) is 0 Å². The fourth-order valence-electron chi connectivity index (χ4n) is 4.38. The van der Waals surface area contributed by atoms with Crippen LogP contribution in [-0.2, 0) is 11.2 Å². The Bertz CT molecular complexity index is 914. The van der Waals surface area contributed by atoms with E-state index in [4.69, 9.17) is 4.74 Å². The Labute approximate surface area is 163 Å². The average Bonchev–Trinajstić information content (AvgIpc) is 2.72. The SMILES string of the molecule is COc1cccc(NC(=O)[C@H]2Cc3cc([N+](=O)[O-])ccc3N3CCCC[C@@H]23)c1. The van der Waals surface area contributed by atoms with E-state index in [2.05, 4.69) is 10.2 Å². The molecule has 2 aromatic rings. The molecule has 28 heavy (non-hydrogen) atoms. The van der Waals surface area contributed by atoms with Crippen molar-refractivity contribution in [3.05, 3.63) is 58.1 Å². The smallest absolute Gasteiger partial charge is 0.269 e. The minimum absolute atomic E-state index is 0.0534. The van der Waals surface area contributed by atoms with E-state index in [1.807, 2.05) is 24.3 Å². The first-order valence-corrected chi connectivity index (χ1v) is 9.55. The predicted octanol–water partition coefficient (Wildman–Crippen LogP) is 3.77. The van der Waals surface area contributed by atoms with Gasteiger partial charge in [0.1, 0.15) is 5.75 Å². The summed E-state index contributed by atoms with van der Waals surface area (Å²) in [5.74, 6) is 0.380. The molecule has 7 heteroatoms. The average molecular weight is 381 g/mol. The molecular weight excluding hydrogens is 358 g/mol. The number of non-ortho nitro benzene ring substituents is 1. The van der Waals surface area contributed by atoms with E-state index < -0.39 is 0 Å². The van der Waals surface area contributed by atoms with Crippen LogP contribution in [0.25, 0.3) is 0 Å². The third kappa shape index (κ3) is 3.40. The topological polar surface area (TPSA) is 84.7 Å². The second-order valence-electron chi connectivity index (χ2n) is 7.36. The van der Waals surface area contributed by atoms with Gasteiger partial charge in [-0.25, -0.2) is 0 Å². The van der Waals surface area contributed by atoms with Gasteiger partial charge in [0.2, 0.25) is 5.91 Å². The third-order valence-corrected chi connectivity index (χ3v) is 5.71. The number of anilines is 2. The zero-order chi connectivity index (χ0) is 19.7. The predicted molar refractivity (Wildman–Crippen MR) is 107 cm³/mol. The number of piperidine rings is 1. The summed E-state index contributed by atoms with van der Waals surface area (Å²) >= 11 is 0. The summed E-state index contributed by atoms with van der Waals surface area (Å²) in [6.07, 6.45) is 3.62. The van der Waals surface area contributed by atoms with Crippen LogP contribution >= 0.6 is 0 Å². The molecule has 0 spiro atoms. The van der Waals surface area contributed by atoms with Gasteiger partial charge in [-0.05, 0) is 49.4 Å². The van der Waals surface area contributed by atoms with Gasteiger partial charge >= 0.3 is 0 Å². The van der Waals surface area contributed by atoms with Crippen molar-refractivity contribution in [2.45, 2.75) is 31.7 Å². The number of carbonyl (C=O) groups excluding carboxylic acids is 1. The lowest BCUT2D eigenvalue weighted by Gasteiger charge is -2.45. The van der Waals surface area contributed by atoms with Gasteiger partial charge in [0.05, 0.1) is 18.0 Å². The highest BCUT2D eigenvalue weighted by molar-refractivity contribution is 5.94. The normalized spacial score (nSPS) is 20.7. The molecule has 0 aliphatic carbocycles. The van der Waals surface area contributed by atoms with Crippen LogP contribution in [0.3, 0.4) is 0 Å². The molecule has 0 unspecified atom stereocenters. The van der Waals surface area contributed by atoms with Crippen molar-refractivity contribution in [2.24, 2.45) is 5.92 Å². The van der Waals surface area contributed by atoms with Gasteiger partial charge in [-0.15, -0.1) is 0 Å². The molecule has 2 atom stereocenters. The van der Waals surface area contributed by atoms with Gasteiger partial charge in [-0.3, -0.25) is 14.9 Å². The second-order valence-corrected chi connectivity index (χ2v) is 7.36. The molecule has 1 fully saturated rings. The van der Waals surface area contributed by atoms with Crippen LogP contribution in [0, 0.1) is 16.0 Å². The number of nitro benzene ring substituents is 1. The van der Waals surface area contributed by atoms with E-state index in [0.29, 0.717) is 17.9 Å². The van der Waals surface area contributed by atoms with Crippen LogP contribution in [0.4, 0.5) is 17.1 Å². The van der Waals surface area contributed by atoms with Crippen molar-refractivity contribution in [1.82, 2.24) is 0 Å². The Kier molecular flexibility index (Phi) is 4.90. The molecule has 1 saturated heterocycles. The van der Waals surface area contributed by atoms with Gasteiger partial charge in [0.25, 0.3) is 5.69 Å². The summed E-state index contributed by atoms with van der Waals surface area (Å²) in [5.41, 5.74) is 2.66. The highest BCUT2D eigenvalue weighted by Gasteiger charge is 2.40. The number of hydrogen-bond donors (Lipinski definition) is 1. The zero-order valence-electron chi connectivity index (χ0n) is 15.8. The first kappa shape index (κ1) is 18.3. The second kappa shape index (κ2) is 7.50. The minimum Gasteiger partial charge on any atom is -0.497 e. The van der Waals surface area contributed by atoms with E-state index in [1.54, 1.807) is 25.3 Å². The Morgan fingerprint density at radius 2 is 2.11 bits per heavy atom. The van der Waals surface area contributed by atoms with Crippen molar-refractivity contribution < 1.29 is 14.5 Å². The summed E-state index contributed by atoms with van der Waals surface area (Å²) in [6, 6.07) is 12.4. The van der Waals surface area contributed by atoms with Crippen molar-refractivity contribution in [2.75, 3.05) is 23.9 Å². The summed E-state index contributed by atoms with van der Waals surface area (Å²) in [5, 5.41) is 14.2. The van der Waals surface area contributed by atoms with Crippen LogP contribution in [0.15, 0.2) is 42.5 Å². The lowest BCUT2D eigenvalue weighted by Crippen LogP contribution is -2.51. The maximum absolute atomic E-state index is 13.1. The molecule has 1 amide bonds. The number of nitrogens with one attached hydrogen (secondary N) is 1. The maximum atomic E-state index is 13.1. The standard InChI is InChI=1S/C21H23N3O4/c1-28-17-6-4-5-15(13-17)22-21(25)18-12-14-11-16(24(26)27)8-9-19(14)23-10-3-2-7-20(18)23/h4-6,8-9,11,13,18,20H,2-3,7,10,12H2,1H3,(H,22,25)/t18-,20-/m0/s1. The first-order chi connectivity index (χ1) is 13.6. The van der Waals surface area contributed by atoms with Crippen LogP contribution in [0.2, 0.25) is 0 Å². The monoisotopic (exact) mass is 381 g/mol. The van der Waals surface area contributed by atoms with Gasteiger partial charge in [-0.1, -0.05) is 6.07 Å². The molecule has 2 heterocycles. The molecule has 2 aromatic carbocycles. The number of nitro groups is 1. The molecule has 4 rings (SSSR count). The number of fused-ring (bicyclic) bond motifs is 3. The summed E-state index contributed by atoms with van der Waals surface area (Å²) < 4.78 is 5.23. The molecule has 2 aliphatic rings. The van der Waals surface area contributed by atoms with E-state index in [9.17, 15) is 14.9 Å². The van der Waals surface area contributed by atoms with Crippen molar-refractivity contribution in [3.63, 3.8) is 0 Å². The molecule has 7 nitrogen and oxygen atoms in total. The fourth-order valence-corrected chi connectivity index (χ4v) is 4.38. The number of rotatable bonds is 4. The van der Waals surface area contributed by atoms with Gasteiger partial charge in [-0.2, -0.15) is 0 Å². The number of nitrogens with zero attached hydrogens (tertiary/aromatic N) is 2. The third-order valence-electron chi connectivity index (χ3n) is 5.71. The highest BCUT2D eigenvalue weighted by Crippen LogP contribution is 2.40. The zero-order valence-corrected chi connectivity index (χ0v) is 15.8. The summed E-state index contributed by atoms with van der Waals surface area (Å²) in [4.78, 5) is 26.2. The molecule has 0 bridgehead atoms. The Hall–Kier alpha value is -3.09. The van der Waals surface area contributed by atoms with Crippen LogP contribution in [-0.4, -0.2) is 30.5 Å². The number of methoxy groups -OCH3 is 1. The Morgan fingerprint density at radius 3 is 2.89 bits per heavy atom. The number of ether oxygens (including phenoxy) is 1. The number of amides is 1. The lowest BCUT2D eigenvalue weighted by molar-refractivity contribution is -0.384. The maximum Gasteiger partial charge on any atom is 0.269 e.